The minimum Gasteiger partial charge on any atom is -0.465 e. The van der Waals surface area contributed by atoms with Gasteiger partial charge < -0.3 is 10.0 Å². The minimum absolute atomic E-state index is 0.0769. The van der Waals surface area contributed by atoms with Gasteiger partial charge in [-0.1, -0.05) is 0 Å². The highest BCUT2D eigenvalue weighted by atomic mass is 16.4. The summed E-state index contributed by atoms with van der Waals surface area (Å²) < 4.78 is 0. The third-order valence-electron chi connectivity index (χ3n) is 3.14. The van der Waals surface area contributed by atoms with Gasteiger partial charge in [0.25, 0.3) is 0 Å². The average molecular weight is 180 g/mol. The lowest BCUT2D eigenvalue weighted by molar-refractivity contribution is 0.0936. The summed E-state index contributed by atoms with van der Waals surface area (Å²) in [6.45, 7) is 0. The summed E-state index contributed by atoms with van der Waals surface area (Å²) in [6, 6.07) is 2.47. The lowest BCUT2D eigenvalue weighted by atomic mass is 9.92. The van der Waals surface area contributed by atoms with Crippen molar-refractivity contribution in [3.8, 4) is 6.07 Å². The maximum atomic E-state index is 10.9. The third kappa shape index (κ3) is 1.24. The molecule has 0 spiro atoms. The number of carboxylic acid groups (broad SMARTS) is 1. The summed E-state index contributed by atoms with van der Waals surface area (Å²) in [6.07, 6.45) is 2.53. The van der Waals surface area contributed by atoms with E-state index in [0.717, 1.165) is 25.7 Å². The molecule has 2 aliphatic heterocycles. The van der Waals surface area contributed by atoms with Gasteiger partial charge in [0.1, 0.15) is 0 Å². The van der Waals surface area contributed by atoms with Crippen LogP contribution in [-0.4, -0.2) is 28.2 Å². The molecule has 1 N–H and O–H groups in total. The van der Waals surface area contributed by atoms with E-state index in [1.807, 2.05) is 0 Å². The van der Waals surface area contributed by atoms with Crippen LogP contribution in [0.15, 0.2) is 0 Å². The topological polar surface area (TPSA) is 64.3 Å². The normalized spacial score (nSPS) is 37.2. The second kappa shape index (κ2) is 2.91. The van der Waals surface area contributed by atoms with Gasteiger partial charge in [-0.05, 0) is 25.7 Å². The molecule has 0 aromatic heterocycles. The zero-order chi connectivity index (χ0) is 9.42. The maximum Gasteiger partial charge on any atom is 0.407 e. The highest BCUT2D eigenvalue weighted by molar-refractivity contribution is 5.66. The molecular weight excluding hydrogens is 168 g/mol. The first-order chi connectivity index (χ1) is 6.22. The van der Waals surface area contributed by atoms with Gasteiger partial charge in [-0.3, -0.25) is 0 Å². The molecule has 13 heavy (non-hydrogen) atoms. The van der Waals surface area contributed by atoms with Crippen molar-refractivity contribution < 1.29 is 9.90 Å². The molecule has 2 rings (SSSR count). The van der Waals surface area contributed by atoms with E-state index in [2.05, 4.69) is 6.07 Å². The summed E-state index contributed by atoms with van der Waals surface area (Å²) in [5.74, 6) is 0.0769. The van der Waals surface area contributed by atoms with Crippen LogP contribution in [-0.2, 0) is 0 Å². The predicted molar refractivity (Wildman–Crippen MR) is 45.0 cm³/mol. The van der Waals surface area contributed by atoms with Crippen molar-refractivity contribution in [2.24, 2.45) is 5.92 Å². The summed E-state index contributed by atoms with van der Waals surface area (Å²) >= 11 is 0. The van der Waals surface area contributed by atoms with Crippen molar-refractivity contribution in [3.05, 3.63) is 0 Å². The molecule has 3 atom stereocenters. The smallest absolute Gasteiger partial charge is 0.407 e. The molecule has 0 aromatic carbocycles. The van der Waals surface area contributed by atoms with Crippen molar-refractivity contribution in [1.29, 1.82) is 5.26 Å². The lowest BCUT2D eigenvalue weighted by Gasteiger charge is -2.34. The van der Waals surface area contributed by atoms with E-state index in [1.165, 1.54) is 0 Å². The summed E-state index contributed by atoms with van der Waals surface area (Å²) in [5.41, 5.74) is 0. The molecule has 0 aliphatic carbocycles. The Kier molecular flexibility index (Phi) is 1.87. The van der Waals surface area contributed by atoms with Gasteiger partial charge in [0.2, 0.25) is 0 Å². The second-order valence-corrected chi connectivity index (χ2v) is 3.87. The molecule has 0 aromatic rings. The maximum absolute atomic E-state index is 10.9. The SMILES string of the molecule is N#CC1C[C@H]2CC[C@@H](C1)N2C(=O)O. The first-order valence-electron chi connectivity index (χ1n) is 4.63. The molecule has 2 bridgehead atoms. The van der Waals surface area contributed by atoms with Crippen molar-refractivity contribution in [3.63, 3.8) is 0 Å². The van der Waals surface area contributed by atoms with Crippen molar-refractivity contribution in [2.45, 2.75) is 37.8 Å². The summed E-state index contributed by atoms with van der Waals surface area (Å²) in [5, 5.41) is 17.7. The Bertz CT molecular complexity index is 257. The Morgan fingerprint density at radius 1 is 1.38 bits per heavy atom. The van der Waals surface area contributed by atoms with Gasteiger partial charge in [-0.25, -0.2) is 4.79 Å². The fraction of sp³-hybridized carbons (Fsp3) is 0.778. The monoisotopic (exact) mass is 180 g/mol. The number of nitrogens with zero attached hydrogens (tertiary/aromatic N) is 2. The van der Waals surface area contributed by atoms with Gasteiger partial charge in [-0.2, -0.15) is 5.26 Å². The van der Waals surface area contributed by atoms with Crippen LogP contribution in [0.4, 0.5) is 4.79 Å². The molecule has 1 amide bonds. The van der Waals surface area contributed by atoms with Gasteiger partial charge in [0.05, 0.1) is 12.0 Å². The molecule has 4 nitrogen and oxygen atoms in total. The van der Waals surface area contributed by atoms with E-state index in [-0.39, 0.29) is 18.0 Å². The van der Waals surface area contributed by atoms with E-state index in [9.17, 15) is 4.79 Å². The molecule has 2 saturated heterocycles. The fourth-order valence-electron chi connectivity index (χ4n) is 2.59. The molecule has 1 unspecified atom stereocenters. The van der Waals surface area contributed by atoms with Crippen molar-refractivity contribution >= 4 is 6.09 Å². The Labute approximate surface area is 76.8 Å². The Hall–Kier alpha value is -1.24. The zero-order valence-electron chi connectivity index (χ0n) is 7.31. The Morgan fingerprint density at radius 3 is 2.31 bits per heavy atom. The molecule has 0 radical (unpaired) electrons. The average Bonchev–Trinajstić information content (AvgIpc) is 2.37. The summed E-state index contributed by atoms with van der Waals surface area (Å²) in [7, 11) is 0. The van der Waals surface area contributed by atoms with E-state index >= 15 is 0 Å². The number of carbonyl (C=O) groups is 1. The molecular formula is C9H12N2O2. The van der Waals surface area contributed by atoms with Crippen LogP contribution in [0.3, 0.4) is 0 Å². The van der Waals surface area contributed by atoms with E-state index in [0.29, 0.717) is 0 Å². The second-order valence-electron chi connectivity index (χ2n) is 3.87. The van der Waals surface area contributed by atoms with Crippen molar-refractivity contribution in [2.75, 3.05) is 0 Å². The minimum atomic E-state index is -0.816. The molecule has 0 saturated carbocycles. The molecule has 70 valence electrons. The number of fused-ring (bicyclic) bond motifs is 2. The highest BCUT2D eigenvalue weighted by Gasteiger charge is 2.43. The third-order valence-corrected chi connectivity index (χ3v) is 3.14. The van der Waals surface area contributed by atoms with Crippen LogP contribution in [0.25, 0.3) is 0 Å². The molecule has 2 aliphatic rings. The van der Waals surface area contributed by atoms with Crippen LogP contribution in [0.5, 0.6) is 0 Å². The number of rotatable bonds is 0. The molecule has 2 fully saturated rings. The van der Waals surface area contributed by atoms with E-state index < -0.39 is 6.09 Å². The van der Waals surface area contributed by atoms with Crippen LogP contribution < -0.4 is 0 Å². The largest absolute Gasteiger partial charge is 0.465 e. The summed E-state index contributed by atoms with van der Waals surface area (Å²) in [4.78, 5) is 12.4. The molecule has 4 heteroatoms. The van der Waals surface area contributed by atoms with Crippen LogP contribution >= 0.6 is 0 Å². The van der Waals surface area contributed by atoms with Crippen LogP contribution in [0.1, 0.15) is 25.7 Å². The number of hydrogen-bond acceptors (Lipinski definition) is 2. The number of nitriles is 1. The van der Waals surface area contributed by atoms with Gasteiger partial charge in [0.15, 0.2) is 0 Å². The first kappa shape index (κ1) is 8.36. The van der Waals surface area contributed by atoms with Gasteiger partial charge in [-0.15, -0.1) is 0 Å². The zero-order valence-corrected chi connectivity index (χ0v) is 7.31. The lowest BCUT2D eigenvalue weighted by Crippen LogP contribution is -2.45. The van der Waals surface area contributed by atoms with Crippen LogP contribution in [0.2, 0.25) is 0 Å². The van der Waals surface area contributed by atoms with Crippen molar-refractivity contribution in [1.82, 2.24) is 4.90 Å². The van der Waals surface area contributed by atoms with E-state index in [4.69, 9.17) is 10.4 Å². The number of piperidine rings is 1. The van der Waals surface area contributed by atoms with Gasteiger partial charge >= 0.3 is 6.09 Å². The predicted octanol–water partition coefficient (Wildman–Crippen LogP) is 1.43. The Morgan fingerprint density at radius 2 is 1.92 bits per heavy atom. The van der Waals surface area contributed by atoms with Gasteiger partial charge in [0, 0.05) is 12.1 Å². The molecule has 2 heterocycles. The number of hydrogen-bond donors (Lipinski definition) is 1. The quantitative estimate of drug-likeness (QED) is 0.613. The Balaban J connectivity index is 2.14. The van der Waals surface area contributed by atoms with Crippen LogP contribution in [0, 0.1) is 17.2 Å². The standard InChI is InChI=1S/C9H12N2O2/c10-5-6-3-7-1-2-8(4-6)11(7)9(12)13/h6-8H,1-4H2,(H,12,13)/t6?,7-,8+. The number of amides is 1. The highest BCUT2D eigenvalue weighted by Crippen LogP contribution is 2.38. The van der Waals surface area contributed by atoms with E-state index in [1.54, 1.807) is 4.90 Å². The first-order valence-corrected chi connectivity index (χ1v) is 4.63. The fourth-order valence-corrected chi connectivity index (χ4v) is 2.59.